The second kappa shape index (κ2) is 20.5. The molecule has 2 fully saturated rings. The maximum absolute atomic E-state index is 13.1. The van der Waals surface area contributed by atoms with Crippen molar-refractivity contribution in [2.45, 2.75) is 97.9 Å². The number of ether oxygens (including phenoxy) is 1. The number of benzene rings is 1. The maximum atomic E-state index is 13.1. The third-order valence-corrected chi connectivity index (χ3v) is 9.59. The number of imide groups is 1. The van der Waals surface area contributed by atoms with E-state index in [0.717, 1.165) is 24.8 Å². The molecule has 292 valence electrons. The maximum Gasteiger partial charge on any atom is 0.243 e. The Hall–Kier alpha value is -4.66. The van der Waals surface area contributed by atoms with E-state index in [1.165, 1.54) is 4.90 Å². The zero-order valence-corrected chi connectivity index (χ0v) is 31.5. The first-order valence-corrected chi connectivity index (χ1v) is 18.5. The van der Waals surface area contributed by atoms with Crippen LogP contribution >= 0.6 is 0 Å². The van der Waals surface area contributed by atoms with E-state index in [2.05, 4.69) is 26.6 Å². The van der Waals surface area contributed by atoms with Gasteiger partial charge in [-0.05, 0) is 37.7 Å². The Morgan fingerprint density at radius 3 is 2.11 bits per heavy atom. The van der Waals surface area contributed by atoms with Crippen LogP contribution in [0.3, 0.4) is 0 Å². The summed E-state index contributed by atoms with van der Waals surface area (Å²) in [6, 6.07) is 7.91. The first-order chi connectivity index (χ1) is 25.1. The van der Waals surface area contributed by atoms with Crippen molar-refractivity contribution in [3.63, 3.8) is 0 Å². The number of nitrogens with zero attached hydrogens (tertiary/aromatic N) is 1. The smallest absolute Gasteiger partial charge is 0.243 e. The van der Waals surface area contributed by atoms with E-state index in [1.54, 1.807) is 24.3 Å². The SMILES string of the molecule is CCC1CC(=O)N(CCCCCC(=O)NCC(=O)NCC(=O)N[C@@H](Cc2ccccc2)C(=O)NCC(=O)NCOCC2(C(=O)C(C)(C)C)CCC2)C1=O. The fourth-order valence-electron chi connectivity index (χ4n) is 6.42. The summed E-state index contributed by atoms with van der Waals surface area (Å²) in [7, 11) is 0. The highest BCUT2D eigenvalue weighted by atomic mass is 16.5. The molecule has 3 rings (SSSR count). The van der Waals surface area contributed by atoms with Gasteiger partial charge in [0.15, 0.2) is 0 Å². The number of unbranched alkanes of at least 4 members (excludes halogenated alkanes) is 2. The van der Waals surface area contributed by atoms with Crippen molar-refractivity contribution in [1.82, 2.24) is 31.5 Å². The van der Waals surface area contributed by atoms with E-state index in [1.807, 2.05) is 33.8 Å². The number of hydrogen-bond acceptors (Lipinski definition) is 9. The number of amides is 7. The quantitative estimate of drug-likeness (QED) is 0.0658. The lowest BCUT2D eigenvalue weighted by Crippen LogP contribution is -2.52. The molecule has 15 heteroatoms. The molecule has 1 heterocycles. The highest BCUT2D eigenvalue weighted by molar-refractivity contribution is 6.03. The number of carbonyl (C=O) groups excluding carboxylic acids is 8. The van der Waals surface area contributed by atoms with E-state index in [4.69, 9.17) is 4.74 Å². The number of ketones is 1. The Labute approximate surface area is 311 Å². The molecule has 7 amide bonds. The Bertz CT molecular complexity index is 1470. The molecule has 1 saturated carbocycles. The third-order valence-electron chi connectivity index (χ3n) is 9.59. The minimum absolute atomic E-state index is 0.122. The Morgan fingerprint density at radius 2 is 1.49 bits per heavy atom. The average Bonchev–Trinajstić information content (AvgIpc) is 3.38. The van der Waals surface area contributed by atoms with Crippen molar-refractivity contribution < 1.29 is 43.1 Å². The van der Waals surface area contributed by atoms with Gasteiger partial charge in [0, 0.05) is 37.1 Å². The van der Waals surface area contributed by atoms with Crippen molar-refractivity contribution in [2.75, 3.05) is 39.5 Å². The Kier molecular flexibility index (Phi) is 16.6. The first kappa shape index (κ1) is 42.8. The number of nitrogens with one attached hydrogen (secondary N) is 5. The summed E-state index contributed by atoms with van der Waals surface area (Å²) in [5.41, 5.74) is -0.263. The lowest BCUT2D eigenvalue weighted by molar-refractivity contribution is -0.148. The monoisotopic (exact) mass is 740 g/mol. The molecule has 2 aliphatic rings. The topological polar surface area (TPSA) is 209 Å². The summed E-state index contributed by atoms with van der Waals surface area (Å²) >= 11 is 0. The van der Waals surface area contributed by atoms with E-state index in [9.17, 15) is 38.4 Å². The van der Waals surface area contributed by atoms with Gasteiger partial charge >= 0.3 is 0 Å². The molecule has 0 bridgehead atoms. The molecule has 0 radical (unpaired) electrons. The standard InChI is InChI=1S/C38H56N6O9/c1-5-27-20-33(49)44(35(27)51)18-11-7-10-15-29(45)39-21-30(46)40-23-32(48)43-28(19-26-13-8-6-9-14-26)34(50)41-22-31(47)42-25-53-24-38(16-12-17-38)36(52)37(2,3)4/h6,8-9,13-14,27-28H,5,7,10-12,15-25H2,1-4H3,(H,39,45)(H,40,46)(H,41,50)(H,42,47)(H,43,48)/t27?,28-/m0/s1. The largest absolute Gasteiger partial charge is 0.360 e. The molecule has 0 spiro atoms. The van der Waals surface area contributed by atoms with Crippen LogP contribution in [0.25, 0.3) is 0 Å². The molecule has 1 unspecified atom stereocenters. The van der Waals surface area contributed by atoms with Crippen molar-refractivity contribution in [3.8, 4) is 0 Å². The van der Waals surface area contributed by atoms with E-state index in [-0.39, 0.29) is 75.1 Å². The minimum atomic E-state index is -1.05. The molecule has 0 aromatic heterocycles. The molecule has 53 heavy (non-hydrogen) atoms. The van der Waals surface area contributed by atoms with Gasteiger partial charge in [-0.3, -0.25) is 43.3 Å². The van der Waals surface area contributed by atoms with Crippen LogP contribution < -0.4 is 26.6 Å². The van der Waals surface area contributed by atoms with Crippen molar-refractivity contribution in [2.24, 2.45) is 16.7 Å². The van der Waals surface area contributed by atoms with Gasteiger partial charge in [-0.15, -0.1) is 0 Å². The summed E-state index contributed by atoms with van der Waals surface area (Å²) in [5.74, 6) is -3.08. The molecular weight excluding hydrogens is 684 g/mol. The molecule has 15 nitrogen and oxygen atoms in total. The highest BCUT2D eigenvalue weighted by Gasteiger charge is 2.48. The zero-order chi connectivity index (χ0) is 39.0. The molecule has 2 atom stereocenters. The van der Waals surface area contributed by atoms with Gasteiger partial charge in [-0.25, -0.2) is 0 Å². The molecule has 1 aromatic rings. The van der Waals surface area contributed by atoms with Crippen LogP contribution in [0.4, 0.5) is 0 Å². The van der Waals surface area contributed by atoms with Crippen LogP contribution in [0.15, 0.2) is 30.3 Å². The first-order valence-electron chi connectivity index (χ1n) is 18.5. The number of Topliss-reactive ketones (excluding diaryl/α,β-unsaturated/α-hetero) is 1. The van der Waals surface area contributed by atoms with Gasteiger partial charge in [0.1, 0.15) is 18.6 Å². The summed E-state index contributed by atoms with van der Waals surface area (Å²) in [5, 5.41) is 12.6. The van der Waals surface area contributed by atoms with Gasteiger partial charge in [0.05, 0.1) is 31.7 Å². The summed E-state index contributed by atoms with van der Waals surface area (Å²) in [6.07, 6.45) is 5.36. The van der Waals surface area contributed by atoms with Gasteiger partial charge in [-0.1, -0.05) is 70.9 Å². The number of likely N-dealkylation sites (tertiary alicyclic amines) is 1. The molecule has 1 aromatic carbocycles. The van der Waals surface area contributed by atoms with E-state index < -0.39 is 47.0 Å². The van der Waals surface area contributed by atoms with E-state index in [0.29, 0.717) is 32.2 Å². The van der Waals surface area contributed by atoms with Crippen LogP contribution in [-0.2, 0) is 49.5 Å². The second-order valence-corrected chi connectivity index (χ2v) is 14.9. The van der Waals surface area contributed by atoms with Crippen LogP contribution in [0.5, 0.6) is 0 Å². The summed E-state index contributed by atoms with van der Waals surface area (Å²) in [4.78, 5) is 101. The molecular formula is C38H56N6O9. The van der Waals surface area contributed by atoms with Crippen LogP contribution in [0, 0.1) is 16.7 Å². The van der Waals surface area contributed by atoms with Crippen molar-refractivity contribution in [3.05, 3.63) is 35.9 Å². The lowest BCUT2D eigenvalue weighted by Gasteiger charge is -2.43. The average molecular weight is 741 g/mol. The fraction of sp³-hybridized carbons (Fsp3) is 0.632. The van der Waals surface area contributed by atoms with Crippen LogP contribution in [-0.4, -0.2) is 97.6 Å². The predicted molar refractivity (Wildman–Crippen MR) is 194 cm³/mol. The van der Waals surface area contributed by atoms with Gasteiger partial charge in [0.25, 0.3) is 0 Å². The van der Waals surface area contributed by atoms with Gasteiger partial charge < -0.3 is 31.3 Å². The zero-order valence-electron chi connectivity index (χ0n) is 31.5. The fourth-order valence-corrected chi connectivity index (χ4v) is 6.42. The predicted octanol–water partition coefficient (Wildman–Crippen LogP) is 1.28. The second-order valence-electron chi connectivity index (χ2n) is 14.9. The summed E-state index contributed by atoms with van der Waals surface area (Å²) < 4.78 is 5.64. The number of hydrogen-bond donors (Lipinski definition) is 5. The van der Waals surface area contributed by atoms with Crippen LogP contribution in [0.2, 0.25) is 0 Å². The minimum Gasteiger partial charge on any atom is -0.360 e. The molecule has 1 saturated heterocycles. The number of carbonyl (C=O) groups is 8. The normalized spacial score (nSPS) is 17.0. The van der Waals surface area contributed by atoms with Crippen molar-refractivity contribution in [1.29, 1.82) is 0 Å². The third kappa shape index (κ3) is 13.7. The Balaban J connectivity index is 1.35. The number of rotatable bonds is 22. The van der Waals surface area contributed by atoms with E-state index >= 15 is 0 Å². The molecule has 5 N–H and O–H groups in total. The van der Waals surface area contributed by atoms with Gasteiger partial charge in [0.2, 0.25) is 41.4 Å². The summed E-state index contributed by atoms with van der Waals surface area (Å²) in [6.45, 7) is 6.78. The molecule has 1 aliphatic carbocycles. The highest BCUT2D eigenvalue weighted by Crippen LogP contribution is 2.46. The van der Waals surface area contributed by atoms with Gasteiger partial charge in [-0.2, -0.15) is 0 Å². The Morgan fingerprint density at radius 1 is 0.849 bits per heavy atom. The van der Waals surface area contributed by atoms with Crippen LogP contribution in [0.1, 0.15) is 91.0 Å². The lowest BCUT2D eigenvalue weighted by atomic mass is 9.61. The van der Waals surface area contributed by atoms with Crippen molar-refractivity contribution >= 4 is 47.1 Å². The molecule has 1 aliphatic heterocycles.